The van der Waals surface area contributed by atoms with Crippen LogP contribution in [-0.2, 0) is 16.1 Å². The molecule has 0 aliphatic carbocycles. The predicted octanol–water partition coefficient (Wildman–Crippen LogP) is 0.987. The van der Waals surface area contributed by atoms with Gasteiger partial charge >= 0.3 is 11.8 Å². The van der Waals surface area contributed by atoms with E-state index in [1.54, 1.807) is 30.5 Å². The number of nitrogens with one attached hydrogen (secondary N) is 2. The quantitative estimate of drug-likeness (QED) is 0.502. The van der Waals surface area contributed by atoms with Crippen LogP contribution in [0.3, 0.4) is 0 Å². The Morgan fingerprint density at radius 3 is 2.64 bits per heavy atom. The third kappa shape index (κ3) is 4.48. The Bertz CT molecular complexity index is 689. The van der Waals surface area contributed by atoms with Gasteiger partial charge in [0.15, 0.2) is 0 Å². The molecule has 2 amide bonds. The van der Waals surface area contributed by atoms with Gasteiger partial charge in [0.1, 0.15) is 5.82 Å². The first-order valence-corrected chi connectivity index (χ1v) is 6.42. The number of rotatable bonds is 4. The van der Waals surface area contributed by atoms with E-state index in [2.05, 4.69) is 15.4 Å². The highest BCUT2D eigenvalue weighted by atomic mass is 19.1. The molecule has 0 aliphatic rings. The lowest BCUT2D eigenvalue weighted by atomic mass is 10.2. The van der Waals surface area contributed by atoms with Gasteiger partial charge in [-0.3, -0.25) is 14.6 Å². The van der Waals surface area contributed by atoms with E-state index >= 15 is 0 Å². The standard InChI is InChI=1S/C15H13FN4O2/c16-13-7-2-1-5-11(13)9-19-20-15(22)14(21)18-10-12-6-3-4-8-17-12/h1-9H,10H2,(H,18,21)(H,20,22)/b19-9+. The van der Waals surface area contributed by atoms with Gasteiger partial charge in [0, 0.05) is 11.8 Å². The fraction of sp³-hybridized carbons (Fsp3) is 0.0667. The van der Waals surface area contributed by atoms with Gasteiger partial charge in [-0.15, -0.1) is 0 Å². The van der Waals surface area contributed by atoms with Crippen LogP contribution >= 0.6 is 0 Å². The second-order valence-corrected chi connectivity index (χ2v) is 4.22. The van der Waals surface area contributed by atoms with E-state index in [9.17, 15) is 14.0 Å². The van der Waals surface area contributed by atoms with Crippen molar-refractivity contribution >= 4 is 18.0 Å². The van der Waals surface area contributed by atoms with Crippen LogP contribution in [0.4, 0.5) is 4.39 Å². The van der Waals surface area contributed by atoms with Gasteiger partial charge < -0.3 is 5.32 Å². The summed E-state index contributed by atoms with van der Waals surface area (Å²) < 4.78 is 13.3. The number of carbonyl (C=O) groups is 2. The van der Waals surface area contributed by atoms with Gasteiger partial charge in [-0.25, -0.2) is 9.82 Å². The van der Waals surface area contributed by atoms with Crippen LogP contribution in [0.25, 0.3) is 0 Å². The topological polar surface area (TPSA) is 83.5 Å². The smallest absolute Gasteiger partial charge is 0.329 e. The molecule has 1 heterocycles. The van der Waals surface area contributed by atoms with Crippen molar-refractivity contribution in [2.24, 2.45) is 5.10 Å². The molecule has 0 radical (unpaired) electrons. The Morgan fingerprint density at radius 1 is 1.14 bits per heavy atom. The summed E-state index contributed by atoms with van der Waals surface area (Å²) in [6.45, 7) is 0.129. The molecule has 0 atom stereocenters. The number of aromatic nitrogens is 1. The molecule has 0 spiro atoms. The number of hydrogen-bond donors (Lipinski definition) is 2. The molecule has 22 heavy (non-hydrogen) atoms. The summed E-state index contributed by atoms with van der Waals surface area (Å²) in [5.74, 6) is -2.26. The summed E-state index contributed by atoms with van der Waals surface area (Å²) in [7, 11) is 0. The molecular weight excluding hydrogens is 287 g/mol. The largest absolute Gasteiger partial charge is 0.342 e. The summed E-state index contributed by atoms with van der Waals surface area (Å²) >= 11 is 0. The molecule has 7 heteroatoms. The average molecular weight is 300 g/mol. The Kier molecular flexibility index (Phi) is 5.31. The second kappa shape index (κ2) is 7.63. The molecule has 2 N–H and O–H groups in total. The summed E-state index contributed by atoms with van der Waals surface area (Å²) in [5, 5.41) is 5.93. The van der Waals surface area contributed by atoms with Gasteiger partial charge in [-0.05, 0) is 18.2 Å². The van der Waals surface area contributed by atoms with Crippen molar-refractivity contribution in [1.82, 2.24) is 15.7 Å². The highest BCUT2D eigenvalue weighted by molar-refractivity contribution is 6.35. The van der Waals surface area contributed by atoms with Crippen LogP contribution in [0.1, 0.15) is 11.3 Å². The van der Waals surface area contributed by atoms with Crippen molar-refractivity contribution in [1.29, 1.82) is 0 Å². The maximum atomic E-state index is 13.3. The van der Waals surface area contributed by atoms with Crippen LogP contribution in [0.5, 0.6) is 0 Å². The number of nitrogens with zero attached hydrogens (tertiary/aromatic N) is 2. The molecule has 0 bridgehead atoms. The second-order valence-electron chi connectivity index (χ2n) is 4.22. The van der Waals surface area contributed by atoms with Crippen LogP contribution in [0, 0.1) is 5.82 Å². The molecule has 1 aromatic heterocycles. The molecule has 0 saturated carbocycles. The number of halogens is 1. The summed E-state index contributed by atoms with van der Waals surface area (Å²) in [6, 6.07) is 11.2. The van der Waals surface area contributed by atoms with Crippen molar-refractivity contribution < 1.29 is 14.0 Å². The molecule has 0 saturated heterocycles. The third-order valence-corrected chi connectivity index (χ3v) is 2.64. The SMILES string of the molecule is O=C(NCc1ccccn1)C(=O)N/N=C/c1ccccc1F. The monoisotopic (exact) mass is 300 g/mol. The molecule has 2 aromatic rings. The lowest BCUT2D eigenvalue weighted by Gasteiger charge is -2.03. The Balaban J connectivity index is 1.82. The highest BCUT2D eigenvalue weighted by Gasteiger charge is 2.12. The number of hydrogen-bond acceptors (Lipinski definition) is 4. The minimum atomic E-state index is -0.941. The Morgan fingerprint density at radius 2 is 1.91 bits per heavy atom. The first-order chi connectivity index (χ1) is 10.7. The lowest BCUT2D eigenvalue weighted by Crippen LogP contribution is -2.37. The number of hydrazone groups is 1. The van der Waals surface area contributed by atoms with Crippen LogP contribution in [0.15, 0.2) is 53.8 Å². The molecule has 0 aliphatic heterocycles. The maximum Gasteiger partial charge on any atom is 0.329 e. The van der Waals surface area contributed by atoms with Crippen LogP contribution < -0.4 is 10.7 Å². The third-order valence-electron chi connectivity index (χ3n) is 2.64. The van der Waals surface area contributed by atoms with Gasteiger partial charge in [0.25, 0.3) is 0 Å². The van der Waals surface area contributed by atoms with E-state index in [0.717, 1.165) is 6.21 Å². The molecule has 1 aromatic carbocycles. The van der Waals surface area contributed by atoms with Crippen molar-refractivity contribution in [2.45, 2.75) is 6.54 Å². The maximum absolute atomic E-state index is 13.3. The van der Waals surface area contributed by atoms with Crippen molar-refractivity contribution in [3.63, 3.8) is 0 Å². The van der Waals surface area contributed by atoms with E-state index in [-0.39, 0.29) is 12.1 Å². The minimum absolute atomic E-state index is 0.129. The van der Waals surface area contributed by atoms with E-state index in [0.29, 0.717) is 5.69 Å². The molecular formula is C15H13FN4O2. The fourth-order valence-corrected chi connectivity index (χ4v) is 1.54. The van der Waals surface area contributed by atoms with Crippen molar-refractivity contribution in [3.8, 4) is 0 Å². The van der Waals surface area contributed by atoms with Crippen LogP contribution in [-0.4, -0.2) is 23.0 Å². The van der Waals surface area contributed by atoms with E-state index < -0.39 is 17.6 Å². The molecule has 2 rings (SSSR count). The van der Waals surface area contributed by atoms with Crippen molar-refractivity contribution in [2.75, 3.05) is 0 Å². The number of benzene rings is 1. The minimum Gasteiger partial charge on any atom is -0.342 e. The molecule has 6 nitrogen and oxygen atoms in total. The lowest BCUT2D eigenvalue weighted by molar-refractivity contribution is -0.139. The number of pyridine rings is 1. The summed E-state index contributed by atoms with van der Waals surface area (Å²) in [4.78, 5) is 27.0. The molecule has 112 valence electrons. The zero-order valence-corrected chi connectivity index (χ0v) is 11.5. The Hall–Kier alpha value is -3.09. The first kappa shape index (κ1) is 15.3. The summed E-state index contributed by atoms with van der Waals surface area (Å²) in [6.07, 6.45) is 2.71. The van der Waals surface area contributed by atoms with E-state index in [4.69, 9.17) is 0 Å². The van der Waals surface area contributed by atoms with Crippen molar-refractivity contribution in [3.05, 3.63) is 65.7 Å². The zero-order chi connectivity index (χ0) is 15.8. The zero-order valence-electron chi connectivity index (χ0n) is 11.5. The van der Waals surface area contributed by atoms with Gasteiger partial charge in [-0.1, -0.05) is 24.3 Å². The fourth-order valence-electron chi connectivity index (χ4n) is 1.54. The normalized spacial score (nSPS) is 10.4. The molecule has 0 unspecified atom stereocenters. The number of amides is 2. The Labute approximate surface area is 126 Å². The summed E-state index contributed by atoms with van der Waals surface area (Å²) in [5.41, 5.74) is 2.85. The van der Waals surface area contributed by atoms with Gasteiger partial charge in [-0.2, -0.15) is 5.10 Å². The molecule has 0 fully saturated rings. The predicted molar refractivity (Wildman–Crippen MR) is 78.2 cm³/mol. The van der Waals surface area contributed by atoms with E-state index in [1.165, 1.54) is 18.2 Å². The van der Waals surface area contributed by atoms with E-state index in [1.807, 2.05) is 5.43 Å². The van der Waals surface area contributed by atoms with Crippen LogP contribution in [0.2, 0.25) is 0 Å². The average Bonchev–Trinajstić information content (AvgIpc) is 2.55. The highest BCUT2D eigenvalue weighted by Crippen LogP contribution is 2.02. The van der Waals surface area contributed by atoms with Gasteiger partial charge in [0.05, 0.1) is 18.5 Å². The first-order valence-electron chi connectivity index (χ1n) is 6.42. The number of carbonyl (C=O) groups excluding carboxylic acids is 2. The van der Waals surface area contributed by atoms with Gasteiger partial charge in [0.2, 0.25) is 0 Å².